The lowest BCUT2D eigenvalue weighted by molar-refractivity contribution is -0.115. The number of anilines is 1. The molecular formula is C24H21N5O2S2. The highest BCUT2D eigenvalue weighted by Gasteiger charge is 2.21. The van der Waals surface area contributed by atoms with Crippen LogP contribution in [0.3, 0.4) is 0 Å². The molecule has 2 aromatic carbocycles. The highest BCUT2D eigenvalue weighted by molar-refractivity contribution is 8.00. The Morgan fingerprint density at radius 1 is 1.15 bits per heavy atom. The number of aryl methyl sites for hydroxylation is 1. The number of hydrogen-bond donors (Lipinski definition) is 1. The molecule has 1 unspecified atom stereocenters. The highest BCUT2D eigenvalue weighted by atomic mass is 32.2. The topological polar surface area (TPSA) is 81.4 Å². The van der Waals surface area contributed by atoms with Gasteiger partial charge in [-0.2, -0.15) is 0 Å². The van der Waals surface area contributed by atoms with Crippen molar-refractivity contribution in [3.05, 3.63) is 65.5 Å². The number of thioether (sulfide) groups is 1. The minimum atomic E-state index is -0.400. The molecule has 1 amide bonds. The molecule has 0 radical (unpaired) electrons. The lowest BCUT2D eigenvalue weighted by Gasteiger charge is -2.12. The molecule has 3 aromatic heterocycles. The molecule has 5 rings (SSSR count). The van der Waals surface area contributed by atoms with Gasteiger partial charge in [-0.3, -0.25) is 9.20 Å². The number of carbonyl (C=O) groups is 1. The van der Waals surface area contributed by atoms with E-state index in [4.69, 9.17) is 4.74 Å². The zero-order valence-corrected chi connectivity index (χ0v) is 19.9. The molecule has 3 heterocycles. The summed E-state index contributed by atoms with van der Waals surface area (Å²) >= 11 is 2.77. The molecule has 33 heavy (non-hydrogen) atoms. The molecule has 0 aliphatic rings. The third kappa shape index (κ3) is 4.17. The molecule has 7 nitrogen and oxygen atoms in total. The molecule has 5 aromatic rings. The van der Waals surface area contributed by atoms with Gasteiger partial charge in [0.1, 0.15) is 5.75 Å². The van der Waals surface area contributed by atoms with Crippen molar-refractivity contribution in [2.75, 3.05) is 12.4 Å². The number of carbonyl (C=O) groups excluding carboxylic acids is 1. The third-order valence-corrected chi connectivity index (χ3v) is 7.13. The zero-order valence-electron chi connectivity index (χ0n) is 18.3. The average Bonchev–Trinajstić information content (AvgIpc) is 3.46. The Balaban J connectivity index is 1.39. The van der Waals surface area contributed by atoms with Gasteiger partial charge in [-0.25, -0.2) is 4.98 Å². The fourth-order valence-electron chi connectivity index (χ4n) is 3.60. The molecule has 0 aliphatic heterocycles. The summed E-state index contributed by atoms with van der Waals surface area (Å²) in [5.74, 6) is 0.613. The summed E-state index contributed by atoms with van der Waals surface area (Å²) in [5.41, 5.74) is 4.64. The first-order valence-electron chi connectivity index (χ1n) is 10.3. The van der Waals surface area contributed by atoms with Crippen LogP contribution in [0.15, 0.2) is 65.1 Å². The number of benzene rings is 2. The van der Waals surface area contributed by atoms with Crippen LogP contribution in [-0.4, -0.2) is 37.8 Å². The Bertz CT molecular complexity index is 1460. The average molecular weight is 476 g/mol. The Labute approximate surface area is 198 Å². The van der Waals surface area contributed by atoms with E-state index in [-0.39, 0.29) is 5.91 Å². The molecule has 9 heteroatoms. The fourth-order valence-corrected chi connectivity index (χ4v) is 5.19. The van der Waals surface area contributed by atoms with Gasteiger partial charge in [0.05, 0.1) is 23.6 Å². The minimum Gasteiger partial charge on any atom is -0.497 e. The molecule has 166 valence electrons. The van der Waals surface area contributed by atoms with Gasteiger partial charge >= 0.3 is 0 Å². The maximum absolute atomic E-state index is 12.9. The normalized spacial score (nSPS) is 12.2. The fraction of sp³-hybridized carbons (Fsp3) is 0.167. The maximum Gasteiger partial charge on any atom is 0.239 e. The van der Waals surface area contributed by atoms with E-state index >= 15 is 0 Å². The summed E-state index contributed by atoms with van der Waals surface area (Å²) in [7, 11) is 1.64. The van der Waals surface area contributed by atoms with Crippen molar-refractivity contribution in [3.63, 3.8) is 0 Å². The van der Waals surface area contributed by atoms with Gasteiger partial charge in [-0.15, -0.1) is 21.5 Å². The van der Waals surface area contributed by atoms with E-state index in [1.54, 1.807) is 7.11 Å². The lowest BCUT2D eigenvalue weighted by atomic mass is 10.1. The van der Waals surface area contributed by atoms with Crippen LogP contribution in [0.1, 0.15) is 12.5 Å². The maximum atomic E-state index is 12.9. The van der Waals surface area contributed by atoms with Crippen LogP contribution in [0, 0.1) is 6.92 Å². The van der Waals surface area contributed by atoms with E-state index in [9.17, 15) is 4.79 Å². The van der Waals surface area contributed by atoms with Gasteiger partial charge in [0.15, 0.2) is 15.9 Å². The lowest BCUT2D eigenvalue weighted by Crippen LogP contribution is -2.22. The van der Waals surface area contributed by atoms with E-state index in [0.717, 1.165) is 39.1 Å². The molecule has 1 N–H and O–H groups in total. The number of rotatable bonds is 6. The van der Waals surface area contributed by atoms with Crippen molar-refractivity contribution in [1.29, 1.82) is 0 Å². The second-order valence-electron chi connectivity index (χ2n) is 7.54. The van der Waals surface area contributed by atoms with E-state index < -0.39 is 5.25 Å². The van der Waals surface area contributed by atoms with Crippen molar-refractivity contribution in [3.8, 4) is 17.0 Å². The number of thiazole rings is 1. The molecule has 0 saturated carbocycles. The van der Waals surface area contributed by atoms with Crippen LogP contribution in [0.4, 0.5) is 5.13 Å². The SMILES string of the molecule is COc1ccc2c(C)cc3nnc(SC(C)C(=O)Nc4nc(-c5ccccc5)cs4)n3c2c1. The number of hydrogen-bond acceptors (Lipinski definition) is 7. The summed E-state index contributed by atoms with van der Waals surface area (Å²) in [5, 5.41) is 15.5. The monoisotopic (exact) mass is 475 g/mol. The number of pyridine rings is 1. The third-order valence-electron chi connectivity index (χ3n) is 5.33. The van der Waals surface area contributed by atoms with E-state index in [1.807, 2.05) is 78.2 Å². The summed E-state index contributed by atoms with van der Waals surface area (Å²) in [4.78, 5) is 17.4. The molecule has 0 aliphatic carbocycles. The number of amides is 1. The Morgan fingerprint density at radius 3 is 2.76 bits per heavy atom. The predicted molar refractivity (Wildman–Crippen MR) is 133 cm³/mol. The van der Waals surface area contributed by atoms with E-state index in [0.29, 0.717) is 10.3 Å². The van der Waals surface area contributed by atoms with Crippen molar-refractivity contribution < 1.29 is 9.53 Å². The predicted octanol–water partition coefficient (Wildman–Crippen LogP) is 5.44. The molecule has 0 spiro atoms. The van der Waals surface area contributed by atoms with Gasteiger partial charge in [-0.1, -0.05) is 42.1 Å². The largest absolute Gasteiger partial charge is 0.497 e. The number of nitrogens with zero attached hydrogens (tertiary/aromatic N) is 4. The number of methoxy groups -OCH3 is 1. The smallest absolute Gasteiger partial charge is 0.239 e. The van der Waals surface area contributed by atoms with Gasteiger partial charge in [0.2, 0.25) is 5.91 Å². The molecule has 1 atom stereocenters. The first kappa shape index (κ1) is 21.4. The molecule has 0 fully saturated rings. The number of fused-ring (bicyclic) bond motifs is 3. The number of nitrogens with one attached hydrogen (secondary N) is 1. The van der Waals surface area contributed by atoms with Crippen molar-refractivity contribution in [1.82, 2.24) is 19.6 Å². The number of ether oxygens (including phenoxy) is 1. The second-order valence-corrected chi connectivity index (χ2v) is 9.71. The first-order valence-corrected chi connectivity index (χ1v) is 12.1. The van der Waals surface area contributed by atoms with Gasteiger partial charge < -0.3 is 10.1 Å². The van der Waals surface area contributed by atoms with Crippen molar-refractivity contribution in [2.45, 2.75) is 24.3 Å². The summed E-state index contributed by atoms with van der Waals surface area (Å²) < 4.78 is 7.38. The molecule has 0 bridgehead atoms. The van der Waals surface area contributed by atoms with Crippen LogP contribution >= 0.6 is 23.1 Å². The quantitative estimate of drug-likeness (QED) is 0.329. The summed E-state index contributed by atoms with van der Waals surface area (Å²) in [6.07, 6.45) is 0. The summed E-state index contributed by atoms with van der Waals surface area (Å²) in [6, 6.07) is 17.8. The van der Waals surface area contributed by atoms with Gasteiger partial charge in [-0.05, 0) is 37.6 Å². The van der Waals surface area contributed by atoms with E-state index in [2.05, 4.69) is 20.5 Å². The standard InChI is InChI=1S/C24H21N5O2S2/c1-14-11-21-27-28-24(29(21)20-12-17(31-3)9-10-18(14)20)33-15(2)22(30)26-23-25-19(13-32-23)16-7-5-4-6-8-16/h4-13,15H,1-3H3,(H,25,26,30). The Hall–Kier alpha value is -3.43. The van der Waals surface area contributed by atoms with Crippen LogP contribution in [0.25, 0.3) is 27.8 Å². The van der Waals surface area contributed by atoms with Crippen molar-refractivity contribution in [2.24, 2.45) is 0 Å². The van der Waals surface area contributed by atoms with Gasteiger partial charge in [0.25, 0.3) is 0 Å². The van der Waals surface area contributed by atoms with Crippen LogP contribution < -0.4 is 10.1 Å². The molecule has 0 saturated heterocycles. The Kier molecular flexibility index (Phi) is 5.74. The highest BCUT2D eigenvalue weighted by Crippen LogP contribution is 2.31. The zero-order chi connectivity index (χ0) is 22.9. The molecular weight excluding hydrogens is 454 g/mol. The van der Waals surface area contributed by atoms with Crippen LogP contribution in [0.5, 0.6) is 5.75 Å². The second kappa shape index (κ2) is 8.84. The van der Waals surface area contributed by atoms with Crippen LogP contribution in [0.2, 0.25) is 0 Å². The van der Waals surface area contributed by atoms with Gasteiger partial charge in [0, 0.05) is 22.4 Å². The number of aromatic nitrogens is 4. The van der Waals surface area contributed by atoms with Crippen LogP contribution in [-0.2, 0) is 4.79 Å². The summed E-state index contributed by atoms with van der Waals surface area (Å²) in [6.45, 7) is 3.90. The first-order chi connectivity index (χ1) is 16.0. The minimum absolute atomic E-state index is 0.139. The Morgan fingerprint density at radius 2 is 1.97 bits per heavy atom. The van der Waals surface area contributed by atoms with Crippen molar-refractivity contribution >= 4 is 50.7 Å². The van der Waals surface area contributed by atoms with E-state index in [1.165, 1.54) is 23.1 Å².